The van der Waals surface area contributed by atoms with Gasteiger partial charge in [-0.15, -0.1) is 0 Å². The summed E-state index contributed by atoms with van der Waals surface area (Å²) in [6, 6.07) is -0.672. The van der Waals surface area contributed by atoms with Crippen LogP contribution in [0.5, 0.6) is 0 Å². The lowest BCUT2D eigenvalue weighted by Crippen LogP contribution is -2.25. The molecule has 76 valence electrons. The molecule has 13 heavy (non-hydrogen) atoms. The third kappa shape index (κ3) is 5.42. The van der Waals surface area contributed by atoms with Crippen LogP contribution in [0.3, 0.4) is 0 Å². The maximum Gasteiger partial charge on any atom is 0.351 e. The number of rotatable bonds is 6. The van der Waals surface area contributed by atoms with Crippen molar-refractivity contribution in [3.63, 3.8) is 0 Å². The number of nitrogens with zero attached hydrogens (tertiary/aromatic N) is 2. The van der Waals surface area contributed by atoms with Gasteiger partial charge in [-0.1, -0.05) is 12.1 Å². The Balaban J connectivity index is 3.87. The zero-order chi connectivity index (χ0) is 10.1. The standard InChI is InChI=1S/C6H14N4O2S/c1-2-13-4-3-5(9-10-7)6(11)12-8/h5H,2-4,8H2,1H3,(H2,7,9)/t5-/m0/s1. The average Bonchev–Trinajstić information content (AvgIpc) is 2.16. The lowest BCUT2D eigenvalue weighted by Gasteiger charge is -2.06. The Hall–Kier alpha value is -0.820. The molecule has 6 nitrogen and oxygen atoms in total. The van der Waals surface area contributed by atoms with Gasteiger partial charge in [0.2, 0.25) is 0 Å². The molecule has 0 spiro atoms. The Labute approximate surface area is 81.0 Å². The molecule has 7 heteroatoms. The molecule has 0 saturated heterocycles. The van der Waals surface area contributed by atoms with Gasteiger partial charge in [-0.3, -0.25) is 0 Å². The van der Waals surface area contributed by atoms with Crippen molar-refractivity contribution in [1.82, 2.24) is 0 Å². The fraction of sp³-hybridized carbons (Fsp3) is 0.833. The molecule has 0 radical (unpaired) electrons. The van der Waals surface area contributed by atoms with Crippen molar-refractivity contribution < 1.29 is 9.63 Å². The van der Waals surface area contributed by atoms with Gasteiger partial charge in [0.05, 0.1) is 0 Å². The summed E-state index contributed by atoms with van der Waals surface area (Å²) in [6.45, 7) is 2.03. The van der Waals surface area contributed by atoms with Gasteiger partial charge < -0.3 is 10.7 Å². The molecule has 0 bridgehead atoms. The van der Waals surface area contributed by atoms with Crippen LogP contribution < -0.4 is 11.7 Å². The summed E-state index contributed by atoms with van der Waals surface area (Å²) in [7, 11) is 0. The van der Waals surface area contributed by atoms with Crippen LogP contribution in [-0.4, -0.2) is 23.5 Å². The maximum atomic E-state index is 10.9. The van der Waals surface area contributed by atoms with Crippen LogP contribution in [0.4, 0.5) is 0 Å². The third-order valence-corrected chi connectivity index (χ3v) is 2.27. The van der Waals surface area contributed by atoms with Crippen LogP contribution in [0.25, 0.3) is 0 Å². The highest BCUT2D eigenvalue weighted by atomic mass is 32.2. The third-order valence-electron chi connectivity index (χ3n) is 1.33. The summed E-state index contributed by atoms with van der Waals surface area (Å²) in [4.78, 5) is 15.0. The molecule has 0 aliphatic heterocycles. The summed E-state index contributed by atoms with van der Waals surface area (Å²) in [5.74, 6) is 10.7. The van der Waals surface area contributed by atoms with Crippen LogP contribution in [0.1, 0.15) is 13.3 Å². The van der Waals surface area contributed by atoms with Crippen LogP contribution in [0.15, 0.2) is 10.3 Å². The number of hydrogen-bond acceptors (Lipinski definition) is 6. The first-order valence-corrected chi connectivity index (χ1v) is 5.00. The SMILES string of the molecule is CCSCC[C@H](N=NN)C(=O)ON. The van der Waals surface area contributed by atoms with Crippen molar-refractivity contribution in [1.29, 1.82) is 0 Å². The molecule has 0 saturated carbocycles. The predicted molar refractivity (Wildman–Crippen MR) is 50.7 cm³/mol. The maximum absolute atomic E-state index is 10.9. The number of carbonyl (C=O) groups is 1. The zero-order valence-electron chi connectivity index (χ0n) is 7.47. The molecule has 4 N–H and O–H groups in total. The minimum atomic E-state index is -0.672. The molecule has 0 aromatic rings. The number of hydrogen-bond donors (Lipinski definition) is 2. The van der Waals surface area contributed by atoms with Crippen LogP contribution in [0.2, 0.25) is 0 Å². The van der Waals surface area contributed by atoms with Crippen molar-refractivity contribution in [3.8, 4) is 0 Å². The first-order chi connectivity index (χ1) is 6.26. The summed E-state index contributed by atoms with van der Waals surface area (Å²) >= 11 is 1.70. The van der Waals surface area contributed by atoms with Gasteiger partial charge in [0.1, 0.15) is 0 Å². The highest BCUT2D eigenvalue weighted by Gasteiger charge is 2.18. The van der Waals surface area contributed by atoms with Gasteiger partial charge in [-0.2, -0.15) is 22.8 Å². The molecule has 0 aliphatic rings. The second-order valence-corrected chi connectivity index (χ2v) is 3.56. The molecule has 0 unspecified atom stereocenters. The van der Waals surface area contributed by atoms with Crippen molar-refractivity contribution >= 4 is 17.7 Å². The molecule has 0 aromatic heterocycles. The van der Waals surface area contributed by atoms with E-state index in [2.05, 4.69) is 15.2 Å². The van der Waals surface area contributed by atoms with Gasteiger partial charge >= 0.3 is 5.97 Å². The highest BCUT2D eigenvalue weighted by Crippen LogP contribution is 2.07. The molecule has 0 fully saturated rings. The first-order valence-electron chi connectivity index (χ1n) is 3.84. The monoisotopic (exact) mass is 206 g/mol. The van der Waals surface area contributed by atoms with Gasteiger partial charge in [-0.25, -0.2) is 4.79 Å². The second kappa shape index (κ2) is 7.81. The quantitative estimate of drug-likeness (QED) is 0.280. The lowest BCUT2D eigenvalue weighted by atomic mass is 10.2. The Bertz CT molecular complexity index is 176. The molecule has 0 heterocycles. The summed E-state index contributed by atoms with van der Waals surface area (Å²) in [5, 5.41) is 6.54. The molecular formula is C6H14N4O2S. The second-order valence-electron chi connectivity index (χ2n) is 2.17. The molecule has 0 aromatic carbocycles. The fourth-order valence-electron chi connectivity index (χ4n) is 0.721. The van der Waals surface area contributed by atoms with Gasteiger partial charge in [0, 0.05) is 0 Å². The van der Waals surface area contributed by atoms with Crippen molar-refractivity contribution in [2.24, 2.45) is 22.1 Å². The van der Waals surface area contributed by atoms with E-state index in [4.69, 9.17) is 11.7 Å². The lowest BCUT2D eigenvalue weighted by molar-refractivity contribution is -0.145. The van der Waals surface area contributed by atoms with Crippen LogP contribution in [0, 0.1) is 0 Å². The van der Waals surface area contributed by atoms with E-state index in [0.717, 1.165) is 11.5 Å². The molecular weight excluding hydrogens is 192 g/mol. The normalized spacial score (nSPS) is 13.1. The fourth-order valence-corrected chi connectivity index (χ4v) is 1.40. The van der Waals surface area contributed by atoms with E-state index in [0.29, 0.717) is 6.42 Å². The Kier molecular flexibility index (Phi) is 7.32. The smallest absolute Gasteiger partial charge is 0.351 e. The number of carbonyl (C=O) groups excluding carboxylic acids is 1. The van der Waals surface area contributed by atoms with Gasteiger partial charge in [0.25, 0.3) is 0 Å². The Morgan fingerprint density at radius 3 is 2.85 bits per heavy atom. The van der Waals surface area contributed by atoms with E-state index in [1.807, 2.05) is 6.92 Å². The van der Waals surface area contributed by atoms with E-state index in [1.165, 1.54) is 0 Å². The summed E-state index contributed by atoms with van der Waals surface area (Å²) in [5.41, 5.74) is 0. The van der Waals surface area contributed by atoms with Crippen molar-refractivity contribution in [2.75, 3.05) is 11.5 Å². The van der Waals surface area contributed by atoms with E-state index in [9.17, 15) is 4.79 Å². The Morgan fingerprint density at radius 1 is 1.69 bits per heavy atom. The number of thioether (sulfide) groups is 1. The van der Waals surface area contributed by atoms with E-state index in [1.54, 1.807) is 11.8 Å². The highest BCUT2D eigenvalue weighted by molar-refractivity contribution is 7.99. The van der Waals surface area contributed by atoms with Crippen molar-refractivity contribution in [3.05, 3.63) is 0 Å². The summed E-state index contributed by atoms with van der Waals surface area (Å²) in [6.07, 6.45) is 0.537. The molecule has 0 aliphatic carbocycles. The van der Waals surface area contributed by atoms with Crippen LogP contribution in [-0.2, 0) is 9.63 Å². The largest absolute Gasteiger partial charge is 0.372 e. The van der Waals surface area contributed by atoms with E-state index < -0.39 is 12.0 Å². The summed E-state index contributed by atoms with van der Waals surface area (Å²) < 4.78 is 0. The van der Waals surface area contributed by atoms with Crippen LogP contribution >= 0.6 is 11.8 Å². The Morgan fingerprint density at radius 2 is 2.38 bits per heavy atom. The minimum absolute atomic E-state index is 0.537. The minimum Gasteiger partial charge on any atom is -0.372 e. The number of nitrogens with two attached hydrogens (primary N) is 2. The van der Waals surface area contributed by atoms with E-state index in [-0.39, 0.29) is 0 Å². The van der Waals surface area contributed by atoms with Crippen molar-refractivity contribution in [2.45, 2.75) is 19.4 Å². The molecule has 1 atom stereocenters. The molecule has 0 rings (SSSR count). The average molecular weight is 206 g/mol. The predicted octanol–water partition coefficient (Wildman–Crippen LogP) is 0.241. The zero-order valence-corrected chi connectivity index (χ0v) is 8.29. The van der Waals surface area contributed by atoms with Gasteiger partial charge in [-0.05, 0) is 17.9 Å². The topological polar surface area (TPSA) is 103 Å². The van der Waals surface area contributed by atoms with Gasteiger partial charge in [0.15, 0.2) is 6.04 Å². The van der Waals surface area contributed by atoms with E-state index >= 15 is 0 Å². The molecule has 0 amide bonds. The first kappa shape index (κ1) is 12.2.